The van der Waals surface area contributed by atoms with Crippen LogP contribution in [-0.2, 0) is 9.53 Å². The van der Waals surface area contributed by atoms with Gasteiger partial charge in [-0.25, -0.2) is 0 Å². The van der Waals surface area contributed by atoms with Crippen molar-refractivity contribution in [3.63, 3.8) is 0 Å². The largest absolute Gasteiger partial charge is 0.466 e. The fourth-order valence-corrected chi connectivity index (χ4v) is 2.69. The van der Waals surface area contributed by atoms with E-state index in [2.05, 4.69) is 5.32 Å². The van der Waals surface area contributed by atoms with Gasteiger partial charge in [0.1, 0.15) is 22.8 Å². The van der Waals surface area contributed by atoms with E-state index in [9.17, 15) is 4.79 Å². The molecule has 1 spiro atoms. The molecule has 0 saturated heterocycles. The number of fused-ring (bicyclic) bond motifs is 1. The van der Waals surface area contributed by atoms with E-state index in [0.717, 1.165) is 11.4 Å². The molecule has 0 bridgehead atoms. The van der Waals surface area contributed by atoms with Crippen molar-refractivity contribution in [3.05, 3.63) is 47.4 Å². The molecule has 0 amide bonds. The lowest BCUT2D eigenvalue weighted by molar-refractivity contribution is -0.115. The number of ketones is 1. The van der Waals surface area contributed by atoms with Crippen LogP contribution in [0.2, 0.25) is 0 Å². The molecule has 0 aromatic heterocycles. The highest BCUT2D eigenvalue weighted by Crippen LogP contribution is 2.44. The van der Waals surface area contributed by atoms with Crippen molar-refractivity contribution >= 4 is 11.5 Å². The minimum Gasteiger partial charge on any atom is -0.466 e. The van der Waals surface area contributed by atoms with Crippen molar-refractivity contribution in [2.75, 3.05) is 5.32 Å². The van der Waals surface area contributed by atoms with Gasteiger partial charge in [0.2, 0.25) is 5.72 Å². The third-order valence-electron chi connectivity index (χ3n) is 3.27. The first-order valence-electron chi connectivity index (χ1n) is 6.18. The van der Waals surface area contributed by atoms with Gasteiger partial charge in [-0.15, -0.1) is 0 Å². The summed E-state index contributed by atoms with van der Waals surface area (Å²) in [6.45, 7) is 5.14. The Labute approximate surface area is 111 Å². The maximum atomic E-state index is 11.9. The highest BCUT2D eigenvalue weighted by molar-refractivity contribution is 5.98. The monoisotopic (exact) mass is 257 g/mol. The maximum absolute atomic E-state index is 11.9. The van der Waals surface area contributed by atoms with E-state index >= 15 is 0 Å². The zero-order valence-electron chi connectivity index (χ0n) is 11.1. The van der Waals surface area contributed by atoms with E-state index in [0.29, 0.717) is 17.1 Å². The second-order valence-corrected chi connectivity index (χ2v) is 4.80. The van der Waals surface area contributed by atoms with E-state index in [1.165, 1.54) is 6.92 Å². The van der Waals surface area contributed by atoms with Gasteiger partial charge in [0, 0.05) is 6.08 Å². The number of hydrogen-bond donors (Lipinski definition) is 1. The topological polar surface area (TPSA) is 47.6 Å². The van der Waals surface area contributed by atoms with Crippen LogP contribution in [0.4, 0.5) is 5.69 Å². The molecule has 1 atom stereocenters. The van der Waals surface area contributed by atoms with Gasteiger partial charge in [-0.2, -0.15) is 0 Å². The highest BCUT2D eigenvalue weighted by Gasteiger charge is 2.46. The SMILES string of the molecule is CC(=O)C1=C(C)OC(C)=C[C@@]12Nc1ccccc1O2. The summed E-state index contributed by atoms with van der Waals surface area (Å²) in [6, 6.07) is 7.63. The van der Waals surface area contributed by atoms with Gasteiger partial charge in [-0.05, 0) is 32.9 Å². The van der Waals surface area contributed by atoms with Crippen LogP contribution in [-0.4, -0.2) is 11.5 Å². The lowest BCUT2D eigenvalue weighted by Gasteiger charge is -2.32. The first-order valence-corrected chi connectivity index (χ1v) is 6.18. The summed E-state index contributed by atoms with van der Waals surface area (Å²) in [7, 11) is 0. The lowest BCUT2D eigenvalue weighted by Crippen LogP contribution is -2.45. The van der Waals surface area contributed by atoms with Crippen LogP contribution in [0.1, 0.15) is 20.8 Å². The normalized spacial score (nSPS) is 24.3. The van der Waals surface area contributed by atoms with E-state index in [-0.39, 0.29) is 5.78 Å². The van der Waals surface area contributed by atoms with E-state index in [4.69, 9.17) is 9.47 Å². The molecule has 2 heterocycles. The van der Waals surface area contributed by atoms with Gasteiger partial charge < -0.3 is 14.8 Å². The van der Waals surface area contributed by atoms with Crippen LogP contribution in [0.15, 0.2) is 47.4 Å². The van der Waals surface area contributed by atoms with E-state index in [1.807, 2.05) is 31.2 Å². The molecule has 1 aromatic carbocycles. The number of Topliss-reactive ketones (excluding diaryl/α,β-unsaturated/α-hetero) is 1. The van der Waals surface area contributed by atoms with Gasteiger partial charge >= 0.3 is 0 Å². The molecule has 3 rings (SSSR count). The first kappa shape index (κ1) is 11.8. The number of carbonyl (C=O) groups is 1. The number of carbonyl (C=O) groups excluding carboxylic acids is 1. The molecule has 0 fully saturated rings. The Bertz CT molecular complexity index is 603. The van der Waals surface area contributed by atoms with Gasteiger partial charge in [0.25, 0.3) is 0 Å². The van der Waals surface area contributed by atoms with Crippen molar-refractivity contribution in [2.45, 2.75) is 26.5 Å². The van der Waals surface area contributed by atoms with Crippen LogP contribution in [0.5, 0.6) is 5.75 Å². The van der Waals surface area contributed by atoms with Crippen LogP contribution in [0, 0.1) is 0 Å². The van der Waals surface area contributed by atoms with Crippen LogP contribution in [0.25, 0.3) is 0 Å². The summed E-state index contributed by atoms with van der Waals surface area (Å²) in [5.41, 5.74) is 0.441. The summed E-state index contributed by atoms with van der Waals surface area (Å²) in [4.78, 5) is 11.9. The molecule has 2 aliphatic rings. The molecule has 0 saturated carbocycles. The molecule has 0 unspecified atom stereocenters. The summed E-state index contributed by atoms with van der Waals surface area (Å²) in [5, 5.41) is 3.28. The van der Waals surface area contributed by atoms with Gasteiger partial charge in [-0.3, -0.25) is 4.79 Å². The Hall–Kier alpha value is -2.23. The Morgan fingerprint density at radius 3 is 2.68 bits per heavy atom. The molecule has 0 radical (unpaired) electrons. The standard InChI is InChI=1S/C15H15NO3/c1-9-8-15(14(10(2)17)11(3)18-9)16-12-6-4-5-7-13(12)19-15/h4-8,16H,1-3H3/t15-/m0/s1. The number of benzene rings is 1. The third-order valence-corrected chi connectivity index (χ3v) is 3.27. The maximum Gasteiger partial charge on any atom is 0.237 e. The summed E-state index contributed by atoms with van der Waals surface area (Å²) in [5.74, 6) is 1.96. The molecule has 19 heavy (non-hydrogen) atoms. The Morgan fingerprint density at radius 1 is 1.26 bits per heavy atom. The molecule has 2 aliphatic heterocycles. The molecule has 1 aromatic rings. The Morgan fingerprint density at radius 2 is 2.00 bits per heavy atom. The summed E-state index contributed by atoms with van der Waals surface area (Å²) in [6.07, 6.45) is 1.80. The fourth-order valence-electron chi connectivity index (χ4n) is 2.69. The van der Waals surface area contributed by atoms with Crippen molar-refractivity contribution in [2.24, 2.45) is 0 Å². The van der Waals surface area contributed by atoms with Crippen molar-refractivity contribution in [1.29, 1.82) is 0 Å². The van der Waals surface area contributed by atoms with Gasteiger partial charge in [0.05, 0.1) is 5.69 Å². The first-order chi connectivity index (χ1) is 9.02. The molecular weight excluding hydrogens is 242 g/mol. The predicted molar refractivity (Wildman–Crippen MR) is 71.6 cm³/mol. The van der Waals surface area contributed by atoms with Crippen molar-refractivity contribution in [3.8, 4) is 5.75 Å². The van der Waals surface area contributed by atoms with Gasteiger partial charge in [-0.1, -0.05) is 12.1 Å². The highest BCUT2D eigenvalue weighted by atomic mass is 16.5. The van der Waals surface area contributed by atoms with Crippen LogP contribution in [0.3, 0.4) is 0 Å². The number of para-hydroxylation sites is 2. The molecule has 4 nitrogen and oxygen atoms in total. The zero-order valence-corrected chi connectivity index (χ0v) is 11.1. The lowest BCUT2D eigenvalue weighted by atomic mass is 9.95. The fraction of sp³-hybridized carbons (Fsp3) is 0.267. The molecular formula is C15H15NO3. The average Bonchev–Trinajstić information content (AvgIpc) is 2.64. The minimum atomic E-state index is -0.943. The number of anilines is 1. The molecule has 4 heteroatoms. The zero-order chi connectivity index (χ0) is 13.6. The smallest absolute Gasteiger partial charge is 0.237 e. The predicted octanol–water partition coefficient (Wildman–Crippen LogP) is 2.98. The number of rotatable bonds is 1. The van der Waals surface area contributed by atoms with E-state index in [1.54, 1.807) is 13.0 Å². The van der Waals surface area contributed by atoms with Gasteiger partial charge in [0.15, 0.2) is 5.78 Å². The summed E-state index contributed by atoms with van der Waals surface area (Å²) < 4.78 is 11.5. The molecule has 1 N–H and O–H groups in total. The Kier molecular flexibility index (Phi) is 2.42. The van der Waals surface area contributed by atoms with Crippen LogP contribution >= 0.6 is 0 Å². The second kappa shape index (κ2) is 3.88. The van der Waals surface area contributed by atoms with Crippen molar-refractivity contribution < 1.29 is 14.3 Å². The number of ether oxygens (including phenoxy) is 2. The number of nitrogens with one attached hydrogen (secondary N) is 1. The number of allylic oxidation sites excluding steroid dienone is 2. The average molecular weight is 257 g/mol. The second-order valence-electron chi connectivity index (χ2n) is 4.80. The van der Waals surface area contributed by atoms with E-state index < -0.39 is 5.72 Å². The Balaban J connectivity index is 2.13. The van der Waals surface area contributed by atoms with Crippen molar-refractivity contribution in [1.82, 2.24) is 0 Å². The minimum absolute atomic E-state index is 0.0680. The third kappa shape index (κ3) is 1.71. The van der Waals surface area contributed by atoms with Crippen LogP contribution < -0.4 is 10.1 Å². The molecule has 0 aliphatic carbocycles. The number of hydrogen-bond acceptors (Lipinski definition) is 4. The summed E-state index contributed by atoms with van der Waals surface area (Å²) >= 11 is 0. The molecule has 98 valence electrons. The quantitative estimate of drug-likeness (QED) is 0.840.